The number of phenols is 2. The van der Waals surface area contributed by atoms with Gasteiger partial charge in [0.2, 0.25) is 0 Å². The normalized spacial score (nSPS) is 16.2. The summed E-state index contributed by atoms with van der Waals surface area (Å²) in [6.07, 6.45) is 7.66. The van der Waals surface area contributed by atoms with Crippen LogP contribution < -0.4 is 0 Å². The van der Waals surface area contributed by atoms with Crippen LogP contribution in [0.25, 0.3) is 0 Å². The maximum atomic E-state index is 10.8. The zero-order valence-electron chi connectivity index (χ0n) is 15.3. The van der Waals surface area contributed by atoms with Crippen LogP contribution in [-0.4, -0.2) is 15.5 Å². The van der Waals surface area contributed by atoms with E-state index in [-0.39, 0.29) is 17.2 Å². The van der Waals surface area contributed by atoms with E-state index in [2.05, 4.69) is 19.6 Å². The molecule has 7 nitrogen and oxygen atoms in total. The Labute approximate surface area is 167 Å². The molecule has 0 saturated carbocycles. The maximum Gasteiger partial charge on any atom is 0.147 e. The first-order chi connectivity index (χ1) is 13.7. The van der Waals surface area contributed by atoms with E-state index < -0.39 is 0 Å². The van der Waals surface area contributed by atoms with Crippen molar-refractivity contribution in [3.05, 3.63) is 40.5 Å². The molecular weight excluding hydrogens is 380 g/mol. The van der Waals surface area contributed by atoms with Crippen molar-refractivity contribution in [3.8, 4) is 11.5 Å². The molecule has 2 aromatic rings. The number of hydrogen-bond acceptors (Lipinski definition) is 8. The number of azo groups is 1. The van der Waals surface area contributed by atoms with E-state index in [9.17, 15) is 10.2 Å². The third-order valence-electron chi connectivity index (χ3n) is 5.45. The van der Waals surface area contributed by atoms with Crippen molar-refractivity contribution < 1.29 is 24.8 Å². The lowest BCUT2D eigenvalue weighted by Crippen LogP contribution is -2.03. The van der Waals surface area contributed by atoms with Crippen LogP contribution in [0, 0.1) is 0 Å². The molecule has 0 atom stereocenters. The number of rotatable bonds is 5. The highest BCUT2D eigenvalue weighted by Crippen LogP contribution is 2.45. The Balaban J connectivity index is 1.72. The largest absolute Gasteiger partial charge is 0.505 e. The molecule has 0 radical (unpaired) electrons. The average Bonchev–Trinajstić information content (AvgIpc) is 2.73. The van der Waals surface area contributed by atoms with Crippen LogP contribution in [0.1, 0.15) is 47.9 Å². The minimum Gasteiger partial charge on any atom is -0.505 e. The molecule has 0 amide bonds. The number of aromatic hydroxyl groups is 2. The van der Waals surface area contributed by atoms with Crippen molar-refractivity contribution in [2.75, 3.05) is 0 Å². The minimum atomic E-state index is 0.0578. The second-order valence-electron chi connectivity index (χ2n) is 7.12. The van der Waals surface area contributed by atoms with Crippen LogP contribution in [0.15, 0.2) is 33.3 Å². The molecule has 28 heavy (non-hydrogen) atoms. The number of benzene rings is 2. The molecule has 0 bridgehead atoms. The minimum absolute atomic E-state index is 0.0578. The highest BCUT2D eigenvalue weighted by atomic mass is 32.2. The highest BCUT2D eigenvalue weighted by Gasteiger charge is 2.22. The predicted molar refractivity (Wildman–Crippen MR) is 104 cm³/mol. The van der Waals surface area contributed by atoms with Crippen LogP contribution in [-0.2, 0) is 35.1 Å². The Kier molecular flexibility index (Phi) is 5.82. The van der Waals surface area contributed by atoms with Crippen molar-refractivity contribution in [1.29, 1.82) is 0 Å². The van der Waals surface area contributed by atoms with Gasteiger partial charge >= 0.3 is 0 Å². The summed E-state index contributed by atoms with van der Waals surface area (Å²) in [5.41, 5.74) is 4.59. The van der Waals surface area contributed by atoms with Gasteiger partial charge in [0.1, 0.15) is 22.9 Å². The van der Waals surface area contributed by atoms with Gasteiger partial charge in [-0.1, -0.05) is 11.1 Å². The molecule has 8 heteroatoms. The first kappa shape index (κ1) is 19.2. The van der Waals surface area contributed by atoms with Crippen LogP contribution in [0.4, 0.5) is 11.4 Å². The van der Waals surface area contributed by atoms with Crippen molar-refractivity contribution in [3.63, 3.8) is 0 Å². The third-order valence-corrected chi connectivity index (χ3v) is 6.07. The van der Waals surface area contributed by atoms with E-state index in [0.29, 0.717) is 10.6 Å². The monoisotopic (exact) mass is 402 g/mol. The zero-order chi connectivity index (χ0) is 19.5. The Morgan fingerprint density at radius 1 is 0.821 bits per heavy atom. The topological polar surface area (TPSA) is 104 Å². The molecule has 4 rings (SSSR count). The van der Waals surface area contributed by atoms with Crippen molar-refractivity contribution in [2.24, 2.45) is 10.2 Å². The summed E-state index contributed by atoms with van der Waals surface area (Å²) >= 11 is 0.748. The Hall–Kier alpha value is -2.13. The molecule has 2 aliphatic rings. The molecule has 0 aliphatic heterocycles. The Morgan fingerprint density at radius 3 is 2.25 bits per heavy atom. The number of fused-ring (bicyclic) bond motifs is 2. The smallest absolute Gasteiger partial charge is 0.147 e. The van der Waals surface area contributed by atoms with Gasteiger partial charge in [-0.2, -0.15) is 0 Å². The molecule has 0 heterocycles. The Bertz CT molecular complexity index is 916. The molecule has 0 spiro atoms. The highest BCUT2D eigenvalue weighted by molar-refractivity contribution is 7.94. The van der Waals surface area contributed by atoms with Gasteiger partial charge in [0, 0.05) is 0 Å². The SMILES string of the molecule is OOOSc1cc2c(c(O)c1N=Nc1ccc3c(c1O)CCCC3)CCCC2. The molecule has 2 aromatic carbocycles. The van der Waals surface area contributed by atoms with Crippen molar-refractivity contribution >= 4 is 23.4 Å². The van der Waals surface area contributed by atoms with Gasteiger partial charge in [-0.25, -0.2) is 5.26 Å². The van der Waals surface area contributed by atoms with Gasteiger partial charge in [0.25, 0.3) is 0 Å². The summed E-state index contributed by atoms with van der Waals surface area (Å²) < 4.78 is 4.57. The fourth-order valence-electron chi connectivity index (χ4n) is 4.04. The predicted octanol–water partition coefficient (Wildman–Crippen LogP) is 5.70. The molecular formula is C20H22N2O5S. The molecule has 3 N–H and O–H groups in total. The number of aryl methyl sites for hydroxylation is 2. The van der Waals surface area contributed by atoms with Crippen molar-refractivity contribution in [2.45, 2.75) is 56.3 Å². The van der Waals surface area contributed by atoms with Crippen LogP contribution in [0.5, 0.6) is 11.5 Å². The first-order valence-electron chi connectivity index (χ1n) is 9.47. The summed E-state index contributed by atoms with van der Waals surface area (Å²) in [4.78, 5) is 0.480. The van der Waals surface area contributed by atoms with Gasteiger partial charge in [-0.3, -0.25) is 0 Å². The third kappa shape index (κ3) is 3.73. The van der Waals surface area contributed by atoms with E-state index in [4.69, 9.17) is 5.26 Å². The van der Waals surface area contributed by atoms with E-state index in [1.165, 1.54) is 0 Å². The van der Waals surface area contributed by atoms with Gasteiger partial charge in [0.15, 0.2) is 0 Å². The summed E-state index contributed by atoms with van der Waals surface area (Å²) in [5.74, 6) is 0.213. The fourth-order valence-corrected chi connectivity index (χ4v) is 4.55. The molecule has 0 unspecified atom stereocenters. The summed E-state index contributed by atoms with van der Waals surface area (Å²) in [5, 5.41) is 42.0. The second kappa shape index (κ2) is 8.48. The second-order valence-corrected chi connectivity index (χ2v) is 7.86. The van der Waals surface area contributed by atoms with Gasteiger partial charge in [0.05, 0.1) is 16.9 Å². The van der Waals surface area contributed by atoms with E-state index >= 15 is 0 Å². The van der Waals surface area contributed by atoms with Crippen LogP contribution in [0.3, 0.4) is 0 Å². The van der Waals surface area contributed by atoms with Gasteiger partial charge < -0.3 is 10.2 Å². The lowest BCUT2D eigenvalue weighted by molar-refractivity contribution is -0.432. The van der Waals surface area contributed by atoms with Gasteiger partial charge in [-0.15, -0.1) is 14.6 Å². The average molecular weight is 402 g/mol. The first-order valence-corrected chi connectivity index (χ1v) is 10.2. The number of hydrogen-bond donors (Lipinski definition) is 3. The van der Waals surface area contributed by atoms with Crippen molar-refractivity contribution in [1.82, 2.24) is 0 Å². The molecule has 148 valence electrons. The molecule has 0 fully saturated rings. The molecule has 2 aliphatic carbocycles. The maximum absolute atomic E-state index is 10.8. The summed E-state index contributed by atoms with van der Waals surface area (Å²) in [6.45, 7) is 0. The number of nitrogens with zero attached hydrogens (tertiary/aromatic N) is 2. The summed E-state index contributed by atoms with van der Waals surface area (Å²) in [7, 11) is 0. The lowest BCUT2D eigenvalue weighted by atomic mass is 9.90. The van der Waals surface area contributed by atoms with E-state index in [1.807, 2.05) is 12.1 Å². The Morgan fingerprint density at radius 2 is 1.50 bits per heavy atom. The van der Waals surface area contributed by atoms with Gasteiger partial charge in [-0.05, 0) is 85.8 Å². The standard InChI is InChI=1S/C20H22N2O5S/c23-19-14-7-3-1-5-12(14)9-10-16(19)21-22-18-17(28-27-26-25)11-13-6-2-4-8-15(13)20(18)24/h9-11,23-25H,1-8H2. The van der Waals surface area contributed by atoms with Crippen LogP contribution >= 0.6 is 12.0 Å². The fraction of sp³-hybridized carbons (Fsp3) is 0.400. The lowest BCUT2D eigenvalue weighted by Gasteiger charge is -2.19. The van der Waals surface area contributed by atoms with Crippen LogP contribution in [0.2, 0.25) is 0 Å². The quantitative estimate of drug-likeness (QED) is 0.256. The molecule has 0 aromatic heterocycles. The summed E-state index contributed by atoms with van der Waals surface area (Å²) in [6, 6.07) is 5.60. The van der Waals surface area contributed by atoms with E-state index in [0.717, 1.165) is 85.7 Å². The zero-order valence-corrected chi connectivity index (χ0v) is 16.2. The van der Waals surface area contributed by atoms with E-state index in [1.54, 1.807) is 6.07 Å². The number of phenolic OH excluding ortho intramolecular Hbond substituents is 2. The molecule has 0 saturated heterocycles.